The summed E-state index contributed by atoms with van der Waals surface area (Å²) in [6, 6.07) is 8.73. The van der Waals surface area contributed by atoms with Crippen LogP contribution in [0.4, 0.5) is 0 Å². The molecule has 3 heteroatoms. The Balaban J connectivity index is 1.95. The lowest BCUT2D eigenvalue weighted by atomic mass is 9.87. The predicted octanol–water partition coefficient (Wildman–Crippen LogP) is 2.81. The Labute approximate surface area is 122 Å². The maximum absolute atomic E-state index is 12.1. The molecule has 0 saturated heterocycles. The van der Waals surface area contributed by atoms with E-state index in [9.17, 15) is 4.79 Å². The quantitative estimate of drug-likeness (QED) is 0.867. The van der Waals surface area contributed by atoms with E-state index >= 15 is 0 Å². The van der Waals surface area contributed by atoms with Crippen LogP contribution in [0.2, 0.25) is 0 Å². The molecule has 20 heavy (non-hydrogen) atoms. The number of rotatable bonds is 5. The molecule has 1 aliphatic carbocycles. The minimum atomic E-state index is -0.148. The molecule has 1 aromatic carbocycles. The van der Waals surface area contributed by atoms with Crippen LogP contribution < -0.4 is 10.6 Å². The monoisotopic (exact) mass is 274 g/mol. The van der Waals surface area contributed by atoms with Gasteiger partial charge in [0.15, 0.2) is 0 Å². The molecule has 0 heterocycles. The molecule has 0 bridgehead atoms. The minimum absolute atomic E-state index is 0.0988. The molecule has 2 rings (SSSR count). The smallest absolute Gasteiger partial charge is 0.236 e. The van der Waals surface area contributed by atoms with Crippen molar-refractivity contribution < 1.29 is 4.79 Å². The third kappa shape index (κ3) is 3.83. The fourth-order valence-corrected chi connectivity index (χ4v) is 2.76. The fraction of sp³-hybridized carbons (Fsp3) is 0.588. The van der Waals surface area contributed by atoms with Gasteiger partial charge in [-0.1, -0.05) is 38.1 Å². The number of aryl methyl sites for hydroxylation is 1. The number of hydrogen-bond acceptors (Lipinski definition) is 2. The van der Waals surface area contributed by atoms with Crippen LogP contribution in [-0.2, 0) is 11.2 Å². The number of hydrogen-bond donors (Lipinski definition) is 2. The third-order valence-electron chi connectivity index (χ3n) is 3.90. The average molecular weight is 274 g/mol. The summed E-state index contributed by atoms with van der Waals surface area (Å²) >= 11 is 0. The van der Waals surface area contributed by atoms with E-state index in [4.69, 9.17) is 0 Å². The second-order valence-electron chi connectivity index (χ2n) is 6.17. The van der Waals surface area contributed by atoms with Crippen molar-refractivity contribution in [2.75, 3.05) is 6.54 Å². The number of nitrogens with one attached hydrogen (secondary N) is 2. The zero-order valence-electron chi connectivity index (χ0n) is 12.8. The first-order chi connectivity index (χ1) is 9.58. The average Bonchev–Trinajstić information content (AvgIpc) is 2.45. The highest BCUT2D eigenvalue weighted by atomic mass is 16.2. The van der Waals surface area contributed by atoms with Gasteiger partial charge < -0.3 is 5.32 Å². The number of benzene rings is 1. The van der Waals surface area contributed by atoms with Gasteiger partial charge in [0.2, 0.25) is 5.91 Å². The summed E-state index contributed by atoms with van der Waals surface area (Å²) in [4.78, 5) is 12.1. The molecule has 0 spiro atoms. The highest BCUT2D eigenvalue weighted by molar-refractivity contribution is 5.81. The van der Waals surface area contributed by atoms with Gasteiger partial charge in [-0.3, -0.25) is 10.1 Å². The maximum atomic E-state index is 12.1. The summed E-state index contributed by atoms with van der Waals surface area (Å²) in [5.74, 6) is 0.586. The van der Waals surface area contributed by atoms with Crippen LogP contribution >= 0.6 is 0 Å². The minimum Gasteiger partial charge on any atom is -0.354 e. The molecule has 110 valence electrons. The standard InChI is InChI=1S/C17H26N2O/c1-12(2)11-18-17(20)13(3)19-16-10-6-8-14-7-4-5-9-15(14)16/h4-5,7,9,12-13,16,19H,6,8,10-11H2,1-3H3,(H,18,20). The molecule has 2 unspecified atom stereocenters. The van der Waals surface area contributed by atoms with E-state index in [2.05, 4.69) is 48.7 Å². The van der Waals surface area contributed by atoms with Crippen molar-refractivity contribution in [2.45, 2.75) is 52.1 Å². The predicted molar refractivity (Wildman–Crippen MR) is 82.6 cm³/mol. The van der Waals surface area contributed by atoms with Crippen LogP contribution in [0.25, 0.3) is 0 Å². The molecule has 0 fully saturated rings. The number of carbonyl (C=O) groups excluding carboxylic acids is 1. The van der Waals surface area contributed by atoms with E-state index < -0.39 is 0 Å². The van der Waals surface area contributed by atoms with E-state index in [1.54, 1.807) is 0 Å². The van der Waals surface area contributed by atoms with E-state index in [0.29, 0.717) is 12.0 Å². The van der Waals surface area contributed by atoms with Crippen LogP contribution in [0.3, 0.4) is 0 Å². The largest absolute Gasteiger partial charge is 0.354 e. The molecule has 0 radical (unpaired) electrons. The van der Waals surface area contributed by atoms with Crippen LogP contribution in [-0.4, -0.2) is 18.5 Å². The Morgan fingerprint density at radius 2 is 2.05 bits per heavy atom. The van der Waals surface area contributed by atoms with Crippen molar-refractivity contribution >= 4 is 5.91 Å². The molecule has 3 nitrogen and oxygen atoms in total. The summed E-state index contributed by atoms with van der Waals surface area (Å²) in [5.41, 5.74) is 2.79. The Kier molecular flexibility index (Phi) is 5.18. The lowest BCUT2D eigenvalue weighted by molar-refractivity contribution is -0.123. The summed E-state index contributed by atoms with van der Waals surface area (Å²) in [6.45, 7) is 6.91. The molecular formula is C17H26N2O. The van der Waals surface area contributed by atoms with E-state index in [-0.39, 0.29) is 11.9 Å². The van der Waals surface area contributed by atoms with Crippen molar-refractivity contribution in [3.8, 4) is 0 Å². The Hall–Kier alpha value is -1.35. The Morgan fingerprint density at radius 1 is 1.30 bits per heavy atom. The molecule has 0 saturated carbocycles. The van der Waals surface area contributed by atoms with Gasteiger partial charge in [0.25, 0.3) is 0 Å². The van der Waals surface area contributed by atoms with Gasteiger partial charge in [-0.2, -0.15) is 0 Å². The van der Waals surface area contributed by atoms with Crippen LogP contribution in [0, 0.1) is 5.92 Å². The first-order valence-corrected chi connectivity index (χ1v) is 7.69. The Morgan fingerprint density at radius 3 is 2.80 bits per heavy atom. The lowest BCUT2D eigenvalue weighted by Gasteiger charge is -2.29. The van der Waals surface area contributed by atoms with Gasteiger partial charge in [0, 0.05) is 12.6 Å². The highest BCUT2D eigenvalue weighted by Crippen LogP contribution is 2.29. The topological polar surface area (TPSA) is 41.1 Å². The second-order valence-corrected chi connectivity index (χ2v) is 6.17. The SMILES string of the molecule is CC(C)CNC(=O)C(C)NC1CCCc2ccccc21. The summed E-state index contributed by atoms with van der Waals surface area (Å²) < 4.78 is 0. The molecule has 1 aromatic rings. The fourth-order valence-electron chi connectivity index (χ4n) is 2.76. The van der Waals surface area contributed by atoms with Crippen molar-refractivity contribution in [3.63, 3.8) is 0 Å². The van der Waals surface area contributed by atoms with Gasteiger partial charge in [0.1, 0.15) is 0 Å². The lowest BCUT2D eigenvalue weighted by Crippen LogP contribution is -2.45. The molecule has 2 N–H and O–H groups in total. The van der Waals surface area contributed by atoms with Gasteiger partial charge in [-0.05, 0) is 43.2 Å². The molecular weight excluding hydrogens is 248 g/mol. The molecule has 0 aromatic heterocycles. The van der Waals surface area contributed by atoms with Crippen molar-refractivity contribution in [3.05, 3.63) is 35.4 Å². The van der Waals surface area contributed by atoms with Crippen LogP contribution in [0.15, 0.2) is 24.3 Å². The Bertz CT molecular complexity index is 456. The molecule has 2 atom stereocenters. The normalized spacial score (nSPS) is 19.5. The number of amides is 1. The second kappa shape index (κ2) is 6.89. The first-order valence-electron chi connectivity index (χ1n) is 7.69. The summed E-state index contributed by atoms with van der Waals surface area (Å²) in [5, 5.41) is 6.48. The van der Waals surface area contributed by atoms with Gasteiger partial charge >= 0.3 is 0 Å². The van der Waals surface area contributed by atoms with Gasteiger partial charge in [-0.25, -0.2) is 0 Å². The molecule has 1 aliphatic rings. The molecule has 1 amide bonds. The zero-order valence-corrected chi connectivity index (χ0v) is 12.8. The molecule has 0 aliphatic heterocycles. The van der Waals surface area contributed by atoms with E-state index in [1.807, 2.05) is 6.92 Å². The zero-order chi connectivity index (χ0) is 14.5. The maximum Gasteiger partial charge on any atom is 0.236 e. The third-order valence-corrected chi connectivity index (χ3v) is 3.90. The first kappa shape index (κ1) is 15.0. The van der Waals surface area contributed by atoms with E-state index in [1.165, 1.54) is 17.5 Å². The van der Waals surface area contributed by atoms with Crippen LogP contribution in [0.1, 0.15) is 50.8 Å². The van der Waals surface area contributed by atoms with Gasteiger partial charge in [0.05, 0.1) is 6.04 Å². The van der Waals surface area contributed by atoms with Crippen LogP contribution in [0.5, 0.6) is 0 Å². The van der Waals surface area contributed by atoms with Crippen molar-refractivity contribution in [1.82, 2.24) is 10.6 Å². The summed E-state index contributed by atoms with van der Waals surface area (Å²) in [6.07, 6.45) is 3.45. The van der Waals surface area contributed by atoms with E-state index in [0.717, 1.165) is 19.4 Å². The number of carbonyl (C=O) groups is 1. The van der Waals surface area contributed by atoms with Gasteiger partial charge in [-0.15, -0.1) is 0 Å². The number of fused-ring (bicyclic) bond motifs is 1. The highest BCUT2D eigenvalue weighted by Gasteiger charge is 2.23. The van der Waals surface area contributed by atoms with Crippen molar-refractivity contribution in [2.24, 2.45) is 5.92 Å². The summed E-state index contributed by atoms with van der Waals surface area (Å²) in [7, 11) is 0. The van der Waals surface area contributed by atoms with Crippen molar-refractivity contribution in [1.29, 1.82) is 0 Å².